The molecule has 0 bridgehead atoms. The minimum Gasteiger partial charge on any atom is -0.481 e. The lowest BCUT2D eigenvalue weighted by molar-refractivity contribution is -0.143. The third-order valence-corrected chi connectivity index (χ3v) is 4.97. The number of hydrogen-bond acceptors (Lipinski definition) is 8. The van der Waals surface area contributed by atoms with E-state index in [0.717, 1.165) is 16.7 Å². The number of fused-ring (bicyclic) bond motifs is 1. The van der Waals surface area contributed by atoms with Gasteiger partial charge in [-0.15, -0.1) is 0 Å². The Hall–Kier alpha value is -2.35. The van der Waals surface area contributed by atoms with E-state index in [1.54, 1.807) is 34.1 Å². The largest absolute Gasteiger partial charge is 0.481 e. The van der Waals surface area contributed by atoms with E-state index in [-0.39, 0.29) is 11.8 Å². The molecule has 7 nitrogen and oxygen atoms in total. The van der Waals surface area contributed by atoms with Crippen molar-refractivity contribution in [3.05, 3.63) is 29.0 Å². The number of carbonyl (C=O) groups is 1. The molecule has 0 fully saturated rings. The molecule has 0 atom stereocenters. The second-order valence-electron chi connectivity index (χ2n) is 7.24. The van der Waals surface area contributed by atoms with Crippen LogP contribution in [0.1, 0.15) is 37.5 Å². The van der Waals surface area contributed by atoms with E-state index in [0.29, 0.717) is 35.7 Å². The molecular formula is C19H23N3O4S. The van der Waals surface area contributed by atoms with Gasteiger partial charge in [0.25, 0.3) is 0 Å². The summed E-state index contributed by atoms with van der Waals surface area (Å²) in [6.45, 7) is 7.93. The number of pyridine rings is 1. The molecule has 0 N–H and O–H groups in total. The van der Waals surface area contributed by atoms with Crippen LogP contribution in [0.5, 0.6) is 17.6 Å². The minimum atomic E-state index is -0.620. The normalized spacial score (nSPS) is 13.1. The monoisotopic (exact) mass is 389 g/mol. The van der Waals surface area contributed by atoms with Crippen LogP contribution in [0.25, 0.3) is 0 Å². The lowest BCUT2D eigenvalue weighted by atomic mass is 9.97. The van der Waals surface area contributed by atoms with E-state index in [1.807, 2.05) is 13.0 Å². The average Bonchev–Trinajstić information content (AvgIpc) is 3.08. The molecule has 0 aromatic carbocycles. The van der Waals surface area contributed by atoms with Gasteiger partial charge in [-0.1, -0.05) is 11.8 Å². The average molecular weight is 389 g/mol. The van der Waals surface area contributed by atoms with E-state index >= 15 is 0 Å². The summed E-state index contributed by atoms with van der Waals surface area (Å²) in [4.78, 5) is 25.5. The first-order chi connectivity index (χ1) is 12.8. The molecule has 2 aromatic heterocycles. The Balaban J connectivity index is 1.85. The predicted octanol–water partition coefficient (Wildman–Crippen LogP) is 3.37. The number of nitrogens with zero attached hydrogens (tertiary/aromatic N) is 3. The molecule has 1 aliphatic rings. The molecule has 0 spiro atoms. The molecule has 0 radical (unpaired) electrons. The van der Waals surface area contributed by atoms with Gasteiger partial charge in [0.2, 0.25) is 17.6 Å². The van der Waals surface area contributed by atoms with Crippen LogP contribution in [0, 0.1) is 12.3 Å². The molecule has 144 valence electrons. The number of aromatic nitrogens is 3. The zero-order valence-corrected chi connectivity index (χ0v) is 17.0. The second-order valence-corrected chi connectivity index (χ2v) is 8.18. The van der Waals surface area contributed by atoms with Crippen LogP contribution in [-0.2, 0) is 17.0 Å². The van der Waals surface area contributed by atoms with Crippen LogP contribution in [-0.4, -0.2) is 34.6 Å². The standard InChI is InChI=1S/C19H23N3O4S/c1-11-6-8-20-14(24-5)13(11)10-27-18-21-15-12(7-9-25-15)16(22-18)26-17(23)19(2,3)4/h6,8H,7,9-10H2,1-5H3. The molecule has 8 heteroatoms. The first-order valence-electron chi connectivity index (χ1n) is 8.67. The Morgan fingerprint density at radius 3 is 2.78 bits per heavy atom. The predicted molar refractivity (Wildman–Crippen MR) is 101 cm³/mol. The fourth-order valence-electron chi connectivity index (χ4n) is 2.45. The van der Waals surface area contributed by atoms with Gasteiger partial charge in [0.15, 0.2) is 5.16 Å². The summed E-state index contributed by atoms with van der Waals surface area (Å²) in [5.74, 6) is 1.60. The zero-order chi connectivity index (χ0) is 19.6. The van der Waals surface area contributed by atoms with Crippen molar-refractivity contribution in [3.63, 3.8) is 0 Å². The number of esters is 1. The zero-order valence-electron chi connectivity index (χ0n) is 16.2. The minimum absolute atomic E-state index is 0.287. The van der Waals surface area contributed by atoms with E-state index in [9.17, 15) is 4.79 Å². The maximum atomic E-state index is 12.3. The number of thioether (sulfide) groups is 1. The van der Waals surface area contributed by atoms with Crippen molar-refractivity contribution in [2.75, 3.05) is 13.7 Å². The summed E-state index contributed by atoms with van der Waals surface area (Å²) in [6.07, 6.45) is 2.34. The molecule has 0 amide bonds. The van der Waals surface area contributed by atoms with Gasteiger partial charge < -0.3 is 14.2 Å². The SMILES string of the molecule is COc1nccc(C)c1CSc1nc2c(c(OC(=O)C(C)(C)C)n1)CCO2. The van der Waals surface area contributed by atoms with Crippen molar-refractivity contribution >= 4 is 17.7 Å². The first kappa shape index (κ1) is 19.4. The van der Waals surface area contributed by atoms with Gasteiger partial charge >= 0.3 is 5.97 Å². The van der Waals surface area contributed by atoms with E-state index in [2.05, 4.69) is 15.0 Å². The van der Waals surface area contributed by atoms with Crippen molar-refractivity contribution in [2.24, 2.45) is 5.41 Å². The summed E-state index contributed by atoms with van der Waals surface area (Å²) < 4.78 is 16.5. The number of carbonyl (C=O) groups excluding carboxylic acids is 1. The lowest BCUT2D eigenvalue weighted by Gasteiger charge is -2.17. The quantitative estimate of drug-likeness (QED) is 0.437. The molecule has 0 unspecified atom stereocenters. The number of rotatable bonds is 5. The highest BCUT2D eigenvalue weighted by Crippen LogP contribution is 2.35. The molecular weight excluding hydrogens is 366 g/mol. The summed E-state index contributed by atoms with van der Waals surface area (Å²) in [5.41, 5.74) is 2.17. The van der Waals surface area contributed by atoms with Crippen molar-refractivity contribution in [3.8, 4) is 17.6 Å². The summed E-state index contributed by atoms with van der Waals surface area (Å²) >= 11 is 1.42. The van der Waals surface area contributed by atoms with Crippen LogP contribution >= 0.6 is 11.8 Å². The summed E-state index contributed by atoms with van der Waals surface area (Å²) in [5, 5.41) is 0.484. The third-order valence-electron chi connectivity index (χ3n) is 4.09. The van der Waals surface area contributed by atoms with Crippen LogP contribution in [0.2, 0.25) is 0 Å². The number of aryl methyl sites for hydroxylation is 1. The maximum absolute atomic E-state index is 12.3. The molecule has 0 saturated carbocycles. The van der Waals surface area contributed by atoms with Crippen LogP contribution in [0.3, 0.4) is 0 Å². The Kier molecular flexibility index (Phi) is 5.55. The van der Waals surface area contributed by atoms with Gasteiger partial charge in [-0.05, 0) is 39.3 Å². The Labute approximate surface area is 162 Å². The molecule has 27 heavy (non-hydrogen) atoms. The molecule has 3 rings (SSSR count). The fourth-order valence-corrected chi connectivity index (χ4v) is 3.37. The van der Waals surface area contributed by atoms with Crippen LogP contribution in [0.4, 0.5) is 0 Å². The van der Waals surface area contributed by atoms with Crippen molar-refractivity contribution in [2.45, 2.75) is 45.0 Å². The smallest absolute Gasteiger partial charge is 0.317 e. The molecule has 1 aliphatic heterocycles. The van der Waals surface area contributed by atoms with Gasteiger partial charge in [0, 0.05) is 23.9 Å². The molecule has 3 heterocycles. The summed E-state index contributed by atoms with van der Waals surface area (Å²) in [6, 6.07) is 1.93. The number of methoxy groups -OCH3 is 1. The molecule has 0 aliphatic carbocycles. The first-order valence-corrected chi connectivity index (χ1v) is 9.65. The van der Waals surface area contributed by atoms with Gasteiger partial charge in [-0.25, -0.2) is 4.98 Å². The maximum Gasteiger partial charge on any atom is 0.317 e. The Bertz CT molecular complexity index is 865. The highest BCUT2D eigenvalue weighted by molar-refractivity contribution is 7.98. The van der Waals surface area contributed by atoms with Gasteiger partial charge in [-0.3, -0.25) is 4.79 Å². The van der Waals surface area contributed by atoms with Gasteiger partial charge in [0.05, 0.1) is 24.7 Å². The highest BCUT2D eigenvalue weighted by atomic mass is 32.2. The van der Waals surface area contributed by atoms with Crippen LogP contribution in [0.15, 0.2) is 17.4 Å². The third kappa shape index (κ3) is 4.32. The Morgan fingerprint density at radius 1 is 1.30 bits per heavy atom. The molecule has 2 aromatic rings. The van der Waals surface area contributed by atoms with Crippen LogP contribution < -0.4 is 14.2 Å². The highest BCUT2D eigenvalue weighted by Gasteiger charge is 2.29. The van der Waals surface area contributed by atoms with Gasteiger partial charge in [-0.2, -0.15) is 9.97 Å². The van der Waals surface area contributed by atoms with Crippen molar-refractivity contribution < 1.29 is 19.0 Å². The van der Waals surface area contributed by atoms with Crippen molar-refractivity contribution in [1.82, 2.24) is 15.0 Å². The molecule has 0 saturated heterocycles. The lowest BCUT2D eigenvalue weighted by Crippen LogP contribution is -2.26. The van der Waals surface area contributed by atoms with E-state index in [1.165, 1.54) is 11.8 Å². The fraction of sp³-hybridized carbons (Fsp3) is 0.474. The summed E-state index contributed by atoms with van der Waals surface area (Å²) in [7, 11) is 1.60. The number of hydrogen-bond donors (Lipinski definition) is 0. The second kappa shape index (κ2) is 7.72. The van der Waals surface area contributed by atoms with E-state index < -0.39 is 5.41 Å². The Morgan fingerprint density at radius 2 is 2.07 bits per heavy atom. The van der Waals surface area contributed by atoms with E-state index in [4.69, 9.17) is 14.2 Å². The van der Waals surface area contributed by atoms with Gasteiger partial charge in [0.1, 0.15) is 0 Å². The number of ether oxygens (including phenoxy) is 3. The topological polar surface area (TPSA) is 83.4 Å². The van der Waals surface area contributed by atoms with Crippen molar-refractivity contribution in [1.29, 1.82) is 0 Å².